The van der Waals surface area contributed by atoms with Crippen LogP contribution in [0.4, 0.5) is 0 Å². The van der Waals surface area contributed by atoms with Crippen LogP contribution < -0.4 is 20.3 Å². The van der Waals surface area contributed by atoms with Gasteiger partial charge in [0.25, 0.3) is 5.91 Å². The zero-order valence-corrected chi connectivity index (χ0v) is 12.7. The fourth-order valence-corrected chi connectivity index (χ4v) is 1.76. The lowest BCUT2D eigenvalue weighted by molar-refractivity contribution is -0.117. The van der Waals surface area contributed by atoms with E-state index in [0.29, 0.717) is 11.5 Å². The van der Waals surface area contributed by atoms with Gasteiger partial charge in [-0.2, -0.15) is 0 Å². The largest absolute Gasteiger partial charge is 0.493 e. The minimum absolute atomic E-state index is 0.106. The minimum atomic E-state index is -0.539. The number of carbonyl (C=O) groups excluding carboxylic acids is 2. The molecule has 1 heterocycles. The molecule has 2 rings (SSSR count). The molecule has 2 aromatic rings. The average Bonchev–Trinajstić information content (AvgIpc) is 3.12. The van der Waals surface area contributed by atoms with Crippen molar-refractivity contribution in [2.75, 3.05) is 14.2 Å². The van der Waals surface area contributed by atoms with Crippen LogP contribution in [0.3, 0.4) is 0 Å². The second-order valence-electron chi connectivity index (χ2n) is 4.37. The number of rotatable bonds is 5. The molecule has 1 aromatic carbocycles. The van der Waals surface area contributed by atoms with E-state index in [1.54, 1.807) is 37.5 Å². The van der Waals surface area contributed by atoms with Gasteiger partial charge in [-0.05, 0) is 35.9 Å². The number of hydrazine groups is 1. The molecule has 2 N–H and O–H groups in total. The summed E-state index contributed by atoms with van der Waals surface area (Å²) in [7, 11) is 3.07. The Balaban J connectivity index is 1.92. The summed E-state index contributed by atoms with van der Waals surface area (Å²) in [5, 5.41) is 0. The summed E-state index contributed by atoms with van der Waals surface area (Å²) in [6.45, 7) is 0. The van der Waals surface area contributed by atoms with Gasteiger partial charge in [-0.25, -0.2) is 0 Å². The van der Waals surface area contributed by atoms with E-state index in [-0.39, 0.29) is 5.76 Å². The van der Waals surface area contributed by atoms with Gasteiger partial charge in [-0.3, -0.25) is 20.4 Å². The van der Waals surface area contributed by atoms with Gasteiger partial charge in [0.2, 0.25) is 0 Å². The molecule has 2 amide bonds. The van der Waals surface area contributed by atoms with E-state index < -0.39 is 11.8 Å². The number of nitrogens with one attached hydrogen (secondary N) is 2. The number of furan rings is 1. The summed E-state index contributed by atoms with van der Waals surface area (Å²) < 4.78 is 15.2. The molecule has 0 saturated heterocycles. The fourth-order valence-electron chi connectivity index (χ4n) is 1.76. The number of hydrogen-bond donors (Lipinski definition) is 2. The predicted molar refractivity (Wildman–Crippen MR) is 82.9 cm³/mol. The first-order valence-electron chi connectivity index (χ1n) is 6.68. The maximum Gasteiger partial charge on any atom is 0.305 e. The van der Waals surface area contributed by atoms with Gasteiger partial charge in [-0.1, -0.05) is 6.07 Å². The summed E-state index contributed by atoms with van der Waals surface area (Å²) in [6, 6.07) is 8.29. The van der Waals surface area contributed by atoms with Gasteiger partial charge in [0.1, 0.15) is 0 Å². The Hall–Kier alpha value is -3.22. The van der Waals surface area contributed by atoms with Crippen LogP contribution in [-0.2, 0) is 4.79 Å². The van der Waals surface area contributed by atoms with Crippen molar-refractivity contribution in [1.29, 1.82) is 0 Å². The Morgan fingerprint density at radius 2 is 1.87 bits per heavy atom. The van der Waals surface area contributed by atoms with Crippen molar-refractivity contribution >= 4 is 17.9 Å². The number of amides is 2. The molecular weight excluding hydrogens is 300 g/mol. The first kappa shape index (κ1) is 16.2. The zero-order valence-electron chi connectivity index (χ0n) is 12.7. The maximum absolute atomic E-state index is 11.7. The molecule has 0 bridgehead atoms. The molecule has 0 saturated carbocycles. The Kier molecular flexibility index (Phi) is 5.40. The Labute approximate surface area is 132 Å². The van der Waals surface area contributed by atoms with Gasteiger partial charge in [0.05, 0.1) is 20.5 Å². The molecule has 0 aliphatic carbocycles. The molecule has 7 nitrogen and oxygen atoms in total. The van der Waals surface area contributed by atoms with Crippen LogP contribution >= 0.6 is 0 Å². The number of carbonyl (C=O) groups is 2. The SMILES string of the molecule is COc1ccc(/C=C/C(=O)NNC(=O)c2ccco2)cc1OC. The third kappa shape index (κ3) is 4.37. The third-order valence-corrected chi connectivity index (χ3v) is 2.88. The molecule has 0 aliphatic heterocycles. The van der Waals surface area contributed by atoms with Crippen molar-refractivity contribution in [2.45, 2.75) is 0 Å². The number of benzene rings is 1. The van der Waals surface area contributed by atoms with E-state index in [4.69, 9.17) is 13.9 Å². The molecule has 0 spiro atoms. The van der Waals surface area contributed by atoms with Crippen molar-refractivity contribution in [3.8, 4) is 11.5 Å². The first-order valence-corrected chi connectivity index (χ1v) is 6.68. The highest BCUT2D eigenvalue weighted by atomic mass is 16.5. The highest BCUT2D eigenvalue weighted by molar-refractivity contribution is 5.96. The van der Waals surface area contributed by atoms with Gasteiger partial charge in [0.15, 0.2) is 17.3 Å². The molecule has 0 unspecified atom stereocenters. The summed E-state index contributed by atoms with van der Waals surface area (Å²) in [6.07, 6.45) is 4.23. The van der Waals surface area contributed by atoms with Gasteiger partial charge in [-0.15, -0.1) is 0 Å². The Morgan fingerprint density at radius 1 is 1.09 bits per heavy atom. The van der Waals surface area contributed by atoms with Gasteiger partial charge >= 0.3 is 5.91 Å². The smallest absolute Gasteiger partial charge is 0.305 e. The summed E-state index contributed by atoms with van der Waals surface area (Å²) >= 11 is 0. The van der Waals surface area contributed by atoms with Crippen molar-refractivity contribution in [1.82, 2.24) is 10.9 Å². The molecule has 0 radical (unpaired) electrons. The fraction of sp³-hybridized carbons (Fsp3) is 0.125. The Morgan fingerprint density at radius 3 is 2.52 bits per heavy atom. The average molecular weight is 316 g/mol. The number of ether oxygens (including phenoxy) is 2. The maximum atomic E-state index is 11.7. The zero-order chi connectivity index (χ0) is 16.7. The van der Waals surface area contributed by atoms with Crippen LogP contribution in [-0.4, -0.2) is 26.0 Å². The van der Waals surface area contributed by atoms with Crippen molar-refractivity contribution in [2.24, 2.45) is 0 Å². The number of methoxy groups -OCH3 is 2. The van der Waals surface area contributed by atoms with Gasteiger partial charge in [0, 0.05) is 6.08 Å². The topological polar surface area (TPSA) is 89.8 Å². The first-order chi connectivity index (χ1) is 11.1. The van der Waals surface area contributed by atoms with Crippen LogP contribution in [0, 0.1) is 0 Å². The summed E-state index contributed by atoms with van der Waals surface area (Å²) in [4.78, 5) is 23.2. The second kappa shape index (κ2) is 7.69. The van der Waals surface area contributed by atoms with E-state index in [1.165, 1.54) is 25.5 Å². The quantitative estimate of drug-likeness (QED) is 0.648. The molecule has 0 fully saturated rings. The van der Waals surface area contributed by atoms with Crippen LogP contribution in [0.5, 0.6) is 11.5 Å². The lowest BCUT2D eigenvalue weighted by Crippen LogP contribution is -2.40. The highest BCUT2D eigenvalue weighted by Gasteiger charge is 2.08. The summed E-state index contributed by atoms with van der Waals surface area (Å²) in [5.74, 6) is 0.234. The normalized spacial score (nSPS) is 10.3. The number of hydrogen-bond acceptors (Lipinski definition) is 5. The third-order valence-electron chi connectivity index (χ3n) is 2.88. The molecule has 7 heteroatoms. The molecule has 0 aliphatic rings. The van der Waals surface area contributed by atoms with E-state index in [1.807, 2.05) is 0 Å². The lowest BCUT2D eigenvalue weighted by Gasteiger charge is -2.07. The molecule has 23 heavy (non-hydrogen) atoms. The lowest BCUT2D eigenvalue weighted by atomic mass is 10.2. The Bertz CT molecular complexity index is 707. The van der Waals surface area contributed by atoms with Crippen LogP contribution in [0.25, 0.3) is 6.08 Å². The molecule has 0 atom stereocenters. The summed E-state index contributed by atoms with van der Waals surface area (Å²) in [5.41, 5.74) is 5.23. The van der Waals surface area contributed by atoms with Crippen molar-refractivity contribution in [3.05, 3.63) is 54.0 Å². The molecule has 120 valence electrons. The molecule has 1 aromatic heterocycles. The van der Waals surface area contributed by atoms with Crippen LogP contribution in [0.1, 0.15) is 16.1 Å². The van der Waals surface area contributed by atoms with Crippen LogP contribution in [0.15, 0.2) is 47.1 Å². The molecular formula is C16H16N2O5. The standard InChI is InChI=1S/C16H16N2O5/c1-21-12-7-5-11(10-14(12)22-2)6-8-15(19)17-18-16(20)13-4-3-9-23-13/h3-10H,1-2H3,(H,17,19)(H,18,20)/b8-6+. The highest BCUT2D eigenvalue weighted by Crippen LogP contribution is 2.27. The monoisotopic (exact) mass is 316 g/mol. The van der Waals surface area contributed by atoms with E-state index in [9.17, 15) is 9.59 Å². The van der Waals surface area contributed by atoms with Crippen molar-refractivity contribution < 1.29 is 23.5 Å². The van der Waals surface area contributed by atoms with Crippen molar-refractivity contribution in [3.63, 3.8) is 0 Å². The van der Waals surface area contributed by atoms with Crippen LogP contribution in [0.2, 0.25) is 0 Å². The van der Waals surface area contributed by atoms with E-state index in [2.05, 4.69) is 10.9 Å². The predicted octanol–water partition coefficient (Wildman–Crippen LogP) is 1.77. The minimum Gasteiger partial charge on any atom is -0.493 e. The van der Waals surface area contributed by atoms with Gasteiger partial charge < -0.3 is 13.9 Å². The van der Waals surface area contributed by atoms with E-state index in [0.717, 1.165) is 5.56 Å². The second-order valence-corrected chi connectivity index (χ2v) is 4.37. The van der Waals surface area contributed by atoms with E-state index >= 15 is 0 Å².